The van der Waals surface area contributed by atoms with Crippen molar-refractivity contribution in [1.29, 1.82) is 0 Å². The van der Waals surface area contributed by atoms with Gasteiger partial charge in [-0.2, -0.15) is 0 Å². The largest absolute Gasteiger partial charge is 0.324 e. The number of benzene rings is 1. The highest BCUT2D eigenvalue weighted by molar-refractivity contribution is 9.10. The van der Waals surface area contributed by atoms with Crippen LogP contribution in [0.25, 0.3) is 0 Å². The summed E-state index contributed by atoms with van der Waals surface area (Å²) in [6.07, 6.45) is 0. The summed E-state index contributed by atoms with van der Waals surface area (Å²) >= 11 is 5.24. The zero-order valence-corrected chi connectivity index (χ0v) is 13.4. The SMILES string of the molecule is CC(C)n1c(CN)nnc1SCc1ccccc1Br. The predicted octanol–water partition coefficient (Wildman–Crippen LogP) is 3.37. The summed E-state index contributed by atoms with van der Waals surface area (Å²) in [6, 6.07) is 8.53. The van der Waals surface area contributed by atoms with Crippen molar-refractivity contribution < 1.29 is 0 Å². The van der Waals surface area contributed by atoms with Gasteiger partial charge >= 0.3 is 0 Å². The highest BCUT2D eigenvalue weighted by Gasteiger charge is 2.14. The van der Waals surface area contributed by atoms with Crippen molar-refractivity contribution in [1.82, 2.24) is 14.8 Å². The van der Waals surface area contributed by atoms with Crippen LogP contribution >= 0.6 is 27.7 Å². The molecule has 2 rings (SSSR count). The molecular formula is C13H17BrN4S. The van der Waals surface area contributed by atoms with Crippen LogP contribution in [0.15, 0.2) is 33.9 Å². The van der Waals surface area contributed by atoms with E-state index in [0.29, 0.717) is 12.6 Å². The highest BCUT2D eigenvalue weighted by Crippen LogP contribution is 2.27. The van der Waals surface area contributed by atoms with Crippen molar-refractivity contribution in [2.24, 2.45) is 5.73 Å². The van der Waals surface area contributed by atoms with Crippen molar-refractivity contribution in [3.05, 3.63) is 40.1 Å². The van der Waals surface area contributed by atoms with Gasteiger partial charge in [-0.05, 0) is 25.5 Å². The van der Waals surface area contributed by atoms with Gasteiger partial charge in [-0.3, -0.25) is 0 Å². The maximum absolute atomic E-state index is 5.69. The molecular weight excluding hydrogens is 324 g/mol. The van der Waals surface area contributed by atoms with Gasteiger partial charge in [0.25, 0.3) is 0 Å². The minimum absolute atomic E-state index is 0.315. The number of hydrogen-bond acceptors (Lipinski definition) is 4. The number of nitrogens with two attached hydrogens (primary N) is 1. The van der Waals surface area contributed by atoms with Gasteiger partial charge in [0.05, 0.1) is 6.54 Å². The van der Waals surface area contributed by atoms with Gasteiger partial charge in [-0.15, -0.1) is 10.2 Å². The minimum Gasteiger partial charge on any atom is -0.324 e. The van der Waals surface area contributed by atoms with Crippen LogP contribution < -0.4 is 5.73 Å². The summed E-state index contributed by atoms with van der Waals surface area (Å²) in [4.78, 5) is 0. The predicted molar refractivity (Wildman–Crippen MR) is 82.0 cm³/mol. The third-order valence-corrected chi connectivity index (χ3v) is 4.51. The number of hydrogen-bond donors (Lipinski definition) is 1. The van der Waals surface area contributed by atoms with E-state index in [1.54, 1.807) is 11.8 Å². The summed E-state index contributed by atoms with van der Waals surface area (Å²) in [6.45, 7) is 4.65. The van der Waals surface area contributed by atoms with Gasteiger partial charge in [-0.25, -0.2) is 0 Å². The molecule has 0 aliphatic carbocycles. The van der Waals surface area contributed by atoms with Gasteiger partial charge in [-0.1, -0.05) is 45.9 Å². The Morgan fingerprint density at radius 3 is 2.68 bits per heavy atom. The molecule has 4 nitrogen and oxygen atoms in total. The van der Waals surface area contributed by atoms with Crippen LogP contribution in [0.2, 0.25) is 0 Å². The molecule has 2 N–H and O–H groups in total. The molecule has 6 heteroatoms. The van der Waals surface area contributed by atoms with Gasteiger partial charge in [0.15, 0.2) is 5.16 Å². The second kappa shape index (κ2) is 6.54. The highest BCUT2D eigenvalue weighted by atomic mass is 79.9. The number of nitrogens with zero attached hydrogens (tertiary/aromatic N) is 3. The smallest absolute Gasteiger partial charge is 0.191 e. The van der Waals surface area contributed by atoms with Crippen LogP contribution in [-0.4, -0.2) is 14.8 Å². The molecule has 0 saturated carbocycles. The van der Waals surface area contributed by atoms with E-state index in [9.17, 15) is 0 Å². The van der Waals surface area contributed by atoms with E-state index in [2.05, 4.69) is 50.6 Å². The molecule has 0 aliphatic heterocycles. The molecule has 2 aromatic rings. The van der Waals surface area contributed by atoms with Gasteiger partial charge < -0.3 is 10.3 Å². The average Bonchev–Trinajstić information content (AvgIpc) is 2.81. The van der Waals surface area contributed by atoms with E-state index < -0.39 is 0 Å². The second-order valence-electron chi connectivity index (χ2n) is 4.45. The second-order valence-corrected chi connectivity index (χ2v) is 6.24. The Bertz CT molecular complexity index is 553. The molecule has 0 atom stereocenters. The first-order chi connectivity index (χ1) is 9.13. The molecule has 0 aliphatic rings. The molecule has 1 aromatic carbocycles. The molecule has 0 bridgehead atoms. The maximum atomic E-state index is 5.69. The molecule has 102 valence electrons. The normalized spacial score (nSPS) is 11.2. The third kappa shape index (κ3) is 3.38. The fourth-order valence-electron chi connectivity index (χ4n) is 1.82. The lowest BCUT2D eigenvalue weighted by molar-refractivity contribution is 0.526. The van der Waals surface area contributed by atoms with Crippen LogP contribution in [0.4, 0.5) is 0 Å². The Morgan fingerprint density at radius 1 is 1.32 bits per heavy atom. The lowest BCUT2D eigenvalue weighted by atomic mass is 10.2. The summed E-state index contributed by atoms with van der Waals surface area (Å²) in [5.74, 6) is 1.70. The molecule has 0 radical (unpaired) electrons. The van der Waals surface area contributed by atoms with E-state index in [0.717, 1.165) is 21.2 Å². The van der Waals surface area contributed by atoms with E-state index in [1.165, 1.54) is 5.56 Å². The third-order valence-electron chi connectivity index (χ3n) is 2.75. The van der Waals surface area contributed by atoms with Crippen molar-refractivity contribution in [3.63, 3.8) is 0 Å². The van der Waals surface area contributed by atoms with Crippen LogP contribution in [-0.2, 0) is 12.3 Å². The van der Waals surface area contributed by atoms with Gasteiger partial charge in [0.1, 0.15) is 5.82 Å². The van der Waals surface area contributed by atoms with Gasteiger partial charge in [0, 0.05) is 16.3 Å². The van der Waals surface area contributed by atoms with Crippen molar-refractivity contribution in [2.45, 2.75) is 37.3 Å². The summed E-state index contributed by atoms with van der Waals surface area (Å²) in [5.41, 5.74) is 6.94. The molecule has 1 heterocycles. The maximum Gasteiger partial charge on any atom is 0.191 e. The Morgan fingerprint density at radius 2 is 2.05 bits per heavy atom. The number of rotatable bonds is 5. The topological polar surface area (TPSA) is 56.7 Å². The Hall–Kier alpha value is -0.850. The van der Waals surface area contributed by atoms with E-state index in [-0.39, 0.29) is 0 Å². The van der Waals surface area contributed by atoms with E-state index >= 15 is 0 Å². The average molecular weight is 341 g/mol. The van der Waals surface area contributed by atoms with E-state index in [4.69, 9.17) is 5.73 Å². The number of halogens is 1. The molecule has 1 aromatic heterocycles. The molecule has 0 fully saturated rings. The molecule has 0 unspecified atom stereocenters. The Labute approximate surface area is 125 Å². The van der Waals surface area contributed by atoms with Crippen molar-refractivity contribution in [3.8, 4) is 0 Å². The van der Waals surface area contributed by atoms with Crippen LogP contribution in [0.3, 0.4) is 0 Å². The molecule has 0 saturated heterocycles. The number of thioether (sulfide) groups is 1. The standard InChI is InChI=1S/C13H17BrN4S/c1-9(2)18-12(7-15)16-17-13(18)19-8-10-5-3-4-6-11(10)14/h3-6,9H,7-8,15H2,1-2H3. The quantitative estimate of drug-likeness (QED) is 0.847. The zero-order chi connectivity index (χ0) is 13.8. The Kier molecular flexibility index (Phi) is 5.01. The number of aromatic nitrogens is 3. The fourth-order valence-corrected chi connectivity index (χ4v) is 3.52. The zero-order valence-electron chi connectivity index (χ0n) is 11.0. The van der Waals surface area contributed by atoms with Crippen LogP contribution in [0.5, 0.6) is 0 Å². The van der Waals surface area contributed by atoms with Crippen molar-refractivity contribution in [2.75, 3.05) is 0 Å². The summed E-state index contributed by atoms with van der Waals surface area (Å²) in [7, 11) is 0. The van der Waals surface area contributed by atoms with Gasteiger partial charge in [0.2, 0.25) is 0 Å². The first kappa shape index (κ1) is 14.6. The molecule has 0 spiro atoms. The minimum atomic E-state index is 0.315. The monoisotopic (exact) mass is 340 g/mol. The first-order valence-electron chi connectivity index (χ1n) is 6.13. The molecule has 19 heavy (non-hydrogen) atoms. The summed E-state index contributed by atoms with van der Waals surface area (Å²) < 4.78 is 3.22. The first-order valence-corrected chi connectivity index (χ1v) is 7.91. The summed E-state index contributed by atoms with van der Waals surface area (Å²) in [5, 5.41) is 9.30. The lowest BCUT2D eigenvalue weighted by Gasteiger charge is -2.12. The fraction of sp³-hybridized carbons (Fsp3) is 0.385. The lowest BCUT2D eigenvalue weighted by Crippen LogP contribution is -2.11. The van der Waals surface area contributed by atoms with Crippen LogP contribution in [0, 0.1) is 0 Å². The van der Waals surface area contributed by atoms with Crippen LogP contribution in [0.1, 0.15) is 31.3 Å². The van der Waals surface area contributed by atoms with Crippen molar-refractivity contribution >= 4 is 27.7 Å². The van der Waals surface area contributed by atoms with E-state index in [1.807, 2.05) is 18.2 Å². The molecule has 0 amide bonds. The Balaban J connectivity index is 2.16.